The van der Waals surface area contributed by atoms with E-state index in [1.54, 1.807) is 0 Å². The number of aromatic nitrogens is 1. The third kappa shape index (κ3) is 3.44. The van der Waals surface area contributed by atoms with Gasteiger partial charge in [-0.05, 0) is 12.1 Å². The predicted molar refractivity (Wildman–Crippen MR) is 64.0 cm³/mol. The first-order valence-electron chi connectivity index (χ1n) is 5.95. The van der Waals surface area contributed by atoms with E-state index >= 15 is 0 Å². The number of piperazine rings is 1. The lowest BCUT2D eigenvalue weighted by Gasteiger charge is -2.34. The highest BCUT2D eigenvalue weighted by atomic mass is 19.4. The van der Waals surface area contributed by atoms with Crippen LogP contribution >= 0.6 is 0 Å². The first kappa shape index (κ1) is 13.8. The summed E-state index contributed by atoms with van der Waals surface area (Å²) in [4.78, 5) is 18.2. The fourth-order valence-corrected chi connectivity index (χ4v) is 2.01. The second-order valence-corrected chi connectivity index (χ2v) is 4.36. The minimum atomic E-state index is -4.35. The van der Waals surface area contributed by atoms with E-state index in [1.165, 1.54) is 6.07 Å². The molecule has 1 aromatic heterocycles. The number of carbonyl (C=O) groups excluding carboxylic acids is 1. The summed E-state index contributed by atoms with van der Waals surface area (Å²) in [5, 5.41) is 0. The van der Waals surface area contributed by atoms with Crippen molar-refractivity contribution in [2.45, 2.75) is 6.18 Å². The quantitative estimate of drug-likeness (QED) is 0.780. The highest BCUT2D eigenvalue weighted by Gasteiger charge is 2.31. The standard InChI is InChI=1S/C12H14F3N3O/c13-12(14,15)10-1-2-11(16-9-10)18-5-3-17(4-6-18)7-8-19/h1-2,8-9H,3-7H2. The molecule has 1 saturated heterocycles. The molecule has 0 bridgehead atoms. The second-order valence-electron chi connectivity index (χ2n) is 4.36. The van der Waals surface area contributed by atoms with E-state index in [-0.39, 0.29) is 0 Å². The fourth-order valence-electron chi connectivity index (χ4n) is 2.01. The number of hydrogen-bond acceptors (Lipinski definition) is 4. The highest BCUT2D eigenvalue weighted by molar-refractivity contribution is 5.52. The number of rotatable bonds is 3. The molecule has 0 amide bonds. The summed E-state index contributed by atoms with van der Waals surface area (Å²) in [6, 6.07) is 2.43. The molecular formula is C12H14F3N3O. The van der Waals surface area contributed by atoms with Gasteiger partial charge in [-0.15, -0.1) is 0 Å². The molecule has 104 valence electrons. The third-order valence-corrected chi connectivity index (χ3v) is 3.10. The van der Waals surface area contributed by atoms with Gasteiger partial charge in [-0.3, -0.25) is 4.90 Å². The Morgan fingerprint density at radius 1 is 1.21 bits per heavy atom. The number of nitrogens with zero attached hydrogens (tertiary/aromatic N) is 3. The molecule has 2 rings (SSSR count). The lowest BCUT2D eigenvalue weighted by atomic mass is 10.2. The second kappa shape index (κ2) is 5.56. The summed E-state index contributed by atoms with van der Waals surface area (Å²) in [6.45, 7) is 3.13. The van der Waals surface area contributed by atoms with E-state index in [0.717, 1.165) is 18.5 Å². The van der Waals surface area contributed by atoms with E-state index in [9.17, 15) is 18.0 Å². The smallest absolute Gasteiger partial charge is 0.354 e. The first-order chi connectivity index (χ1) is 9.00. The zero-order valence-corrected chi connectivity index (χ0v) is 10.2. The molecule has 1 fully saturated rings. The van der Waals surface area contributed by atoms with Crippen molar-refractivity contribution in [2.75, 3.05) is 37.6 Å². The van der Waals surface area contributed by atoms with Gasteiger partial charge >= 0.3 is 6.18 Å². The highest BCUT2D eigenvalue weighted by Crippen LogP contribution is 2.29. The van der Waals surface area contributed by atoms with Gasteiger partial charge in [0.05, 0.1) is 12.1 Å². The zero-order valence-electron chi connectivity index (χ0n) is 10.2. The zero-order chi connectivity index (χ0) is 13.9. The molecule has 4 nitrogen and oxygen atoms in total. The van der Waals surface area contributed by atoms with Crippen molar-refractivity contribution in [1.29, 1.82) is 0 Å². The first-order valence-corrected chi connectivity index (χ1v) is 5.95. The normalized spacial score (nSPS) is 17.5. The summed E-state index contributed by atoms with van der Waals surface area (Å²) in [5.41, 5.74) is -0.740. The summed E-state index contributed by atoms with van der Waals surface area (Å²) in [5.74, 6) is 0.541. The van der Waals surface area contributed by atoms with Crippen molar-refractivity contribution in [3.63, 3.8) is 0 Å². The molecule has 0 spiro atoms. The van der Waals surface area contributed by atoms with E-state index < -0.39 is 11.7 Å². The van der Waals surface area contributed by atoms with Crippen LogP contribution in [0.5, 0.6) is 0 Å². The van der Waals surface area contributed by atoms with Crippen LogP contribution in [0.25, 0.3) is 0 Å². The summed E-state index contributed by atoms with van der Waals surface area (Å²) >= 11 is 0. The van der Waals surface area contributed by atoms with Crippen LogP contribution in [0.1, 0.15) is 5.56 Å². The molecule has 0 aliphatic carbocycles. The molecule has 0 radical (unpaired) electrons. The Morgan fingerprint density at radius 3 is 2.37 bits per heavy atom. The van der Waals surface area contributed by atoms with Gasteiger partial charge in [0.25, 0.3) is 0 Å². The Labute approximate surface area is 108 Å². The van der Waals surface area contributed by atoms with Crippen LogP contribution in [-0.4, -0.2) is 48.9 Å². The average Bonchev–Trinajstić information content (AvgIpc) is 2.39. The molecule has 19 heavy (non-hydrogen) atoms. The molecule has 0 unspecified atom stereocenters. The monoisotopic (exact) mass is 273 g/mol. The number of carbonyl (C=O) groups is 1. The van der Waals surface area contributed by atoms with Crippen LogP contribution in [0.3, 0.4) is 0 Å². The van der Waals surface area contributed by atoms with E-state index in [1.807, 2.05) is 9.80 Å². The molecule has 0 N–H and O–H groups in total. The molecule has 2 heterocycles. The van der Waals surface area contributed by atoms with E-state index in [4.69, 9.17) is 0 Å². The lowest BCUT2D eigenvalue weighted by Crippen LogP contribution is -2.47. The van der Waals surface area contributed by atoms with E-state index in [0.29, 0.717) is 38.5 Å². The van der Waals surface area contributed by atoms with Gasteiger partial charge in [-0.2, -0.15) is 13.2 Å². The van der Waals surface area contributed by atoms with Gasteiger partial charge in [-0.1, -0.05) is 0 Å². The molecule has 0 aromatic carbocycles. The Hall–Kier alpha value is -1.63. The molecule has 7 heteroatoms. The van der Waals surface area contributed by atoms with Crippen LogP contribution < -0.4 is 4.90 Å². The molecular weight excluding hydrogens is 259 g/mol. The van der Waals surface area contributed by atoms with Gasteiger partial charge in [0, 0.05) is 32.4 Å². The molecule has 1 aromatic rings. The topological polar surface area (TPSA) is 36.4 Å². The molecule has 0 saturated carbocycles. The number of aldehydes is 1. The van der Waals surface area contributed by atoms with Gasteiger partial charge in [0.1, 0.15) is 12.1 Å². The fraction of sp³-hybridized carbons (Fsp3) is 0.500. The number of anilines is 1. The van der Waals surface area contributed by atoms with Crippen LogP contribution in [0.4, 0.5) is 19.0 Å². The SMILES string of the molecule is O=CCN1CCN(c2ccc(C(F)(F)F)cn2)CC1. The molecule has 1 aliphatic rings. The Bertz CT molecular complexity index is 425. The number of alkyl halides is 3. The largest absolute Gasteiger partial charge is 0.417 e. The van der Waals surface area contributed by atoms with Crippen molar-refractivity contribution in [2.24, 2.45) is 0 Å². The van der Waals surface area contributed by atoms with Crippen molar-refractivity contribution >= 4 is 12.1 Å². The molecule has 0 atom stereocenters. The van der Waals surface area contributed by atoms with Crippen LogP contribution in [0.2, 0.25) is 0 Å². The summed E-state index contributed by atoms with van der Waals surface area (Å²) in [6.07, 6.45) is -2.65. The maximum atomic E-state index is 12.4. The minimum absolute atomic E-state index is 0.397. The van der Waals surface area contributed by atoms with E-state index in [2.05, 4.69) is 4.98 Å². The average molecular weight is 273 g/mol. The summed E-state index contributed by atoms with van der Waals surface area (Å²) in [7, 11) is 0. The van der Waals surface area contributed by atoms with Gasteiger partial charge in [-0.25, -0.2) is 4.98 Å². The van der Waals surface area contributed by atoms with Crippen molar-refractivity contribution in [3.05, 3.63) is 23.9 Å². The predicted octanol–water partition coefficient (Wildman–Crippen LogP) is 1.42. The third-order valence-electron chi connectivity index (χ3n) is 3.10. The van der Waals surface area contributed by atoms with Crippen LogP contribution in [0, 0.1) is 0 Å². The number of hydrogen-bond donors (Lipinski definition) is 0. The van der Waals surface area contributed by atoms with Crippen molar-refractivity contribution in [3.8, 4) is 0 Å². The summed E-state index contributed by atoms with van der Waals surface area (Å²) < 4.78 is 37.2. The lowest BCUT2D eigenvalue weighted by molar-refractivity contribution is -0.137. The van der Waals surface area contributed by atoms with Gasteiger partial charge in [0.2, 0.25) is 0 Å². The molecule has 1 aliphatic heterocycles. The Kier molecular flexibility index (Phi) is 4.04. The van der Waals surface area contributed by atoms with Gasteiger partial charge < -0.3 is 9.69 Å². The minimum Gasteiger partial charge on any atom is -0.354 e. The van der Waals surface area contributed by atoms with Crippen LogP contribution in [0.15, 0.2) is 18.3 Å². The Morgan fingerprint density at radius 2 is 1.89 bits per heavy atom. The number of halogens is 3. The van der Waals surface area contributed by atoms with Crippen molar-refractivity contribution < 1.29 is 18.0 Å². The Balaban J connectivity index is 1.98. The number of pyridine rings is 1. The van der Waals surface area contributed by atoms with Crippen LogP contribution in [-0.2, 0) is 11.0 Å². The van der Waals surface area contributed by atoms with Crippen molar-refractivity contribution in [1.82, 2.24) is 9.88 Å². The van der Waals surface area contributed by atoms with Gasteiger partial charge in [0.15, 0.2) is 0 Å². The maximum Gasteiger partial charge on any atom is 0.417 e. The maximum absolute atomic E-state index is 12.4.